The summed E-state index contributed by atoms with van der Waals surface area (Å²) in [5.74, 6) is -0.120. The molecule has 4 nitrogen and oxygen atoms in total. The molecule has 1 aliphatic heterocycles. The van der Waals surface area contributed by atoms with Gasteiger partial charge in [0.25, 0.3) is 5.91 Å². The molecule has 0 aromatic heterocycles. The van der Waals surface area contributed by atoms with Crippen LogP contribution in [0.4, 0.5) is 0 Å². The summed E-state index contributed by atoms with van der Waals surface area (Å²) in [4.78, 5) is 13.7. The third-order valence-corrected chi connectivity index (χ3v) is 5.64. The Kier molecular flexibility index (Phi) is 3.99. The molecule has 2 rings (SSSR count). The third-order valence-electron chi connectivity index (χ3n) is 2.80. The summed E-state index contributed by atoms with van der Waals surface area (Å²) in [5, 5.41) is 0.463. The minimum Gasteiger partial charge on any atom is -0.337 e. The molecule has 18 heavy (non-hydrogen) atoms. The molecule has 98 valence electrons. The second-order valence-electron chi connectivity index (χ2n) is 4.07. The van der Waals surface area contributed by atoms with Crippen LogP contribution in [0.15, 0.2) is 22.7 Å². The fraction of sp³-hybridized carbons (Fsp3) is 0.364. The van der Waals surface area contributed by atoms with E-state index in [-0.39, 0.29) is 30.5 Å². The van der Waals surface area contributed by atoms with Gasteiger partial charge in [0, 0.05) is 23.1 Å². The molecule has 1 amide bonds. The maximum atomic E-state index is 12.1. The van der Waals surface area contributed by atoms with Crippen LogP contribution in [0.2, 0.25) is 5.02 Å². The summed E-state index contributed by atoms with van der Waals surface area (Å²) in [6.07, 6.45) is 0. The number of rotatable bonds is 1. The Labute approximate surface area is 119 Å². The summed E-state index contributed by atoms with van der Waals surface area (Å²) in [7, 11) is -2.97. The van der Waals surface area contributed by atoms with E-state index < -0.39 is 9.84 Å². The lowest BCUT2D eigenvalue weighted by atomic mass is 10.2. The number of hydrogen-bond acceptors (Lipinski definition) is 3. The minimum absolute atomic E-state index is 0.0308. The largest absolute Gasteiger partial charge is 0.337 e. The molecule has 1 aromatic rings. The van der Waals surface area contributed by atoms with E-state index in [9.17, 15) is 13.2 Å². The summed E-state index contributed by atoms with van der Waals surface area (Å²) >= 11 is 9.18. The summed E-state index contributed by atoms with van der Waals surface area (Å²) in [6, 6.07) is 4.95. The standard InChI is InChI=1S/C11H11BrClNO3S/c12-9-2-1-8(7-10(9)13)11(15)14-3-5-18(16,17)6-4-14/h1-2,7H,3-6H2. The maximum absolute atomic E-state index is 12.1. The predicted octanol–water partition coefficient (Wildman–Crippen LogP) is 1.97. The monoisotopic (exact) mass is 351 g/mol. The first kappa shape index (κ1) is 13.8. The number of hydrogen-bond donors (Lipinski definition) is 0. The zero-order chi connectivity index (χ0) is 13.3. The van der Waals surface area contributed by atoms with Crippen molar-refractivity contribution in [1.82, 2.24) is 4.90 Å². The molecule has 0 atom stereocenters. The first-order valence-electron chi connectivity index (χ1n) is 5.34. The number of sulfone groups is 1. The Hall–Kier alpha value is -0.590. The van der Waals surface area contributed by atoms with Gasteiger partial charge in [-0.25, -0.2) is 8.42 Å². The van der Waals surface area contributed by atoms with Crippen LogP contribution in [0, 0.1) is 0 Å². The Morgan fingerprint density at radius 1 is 1.28 bits per heavy atom. The lowest BCUT2D eigenvalue weighted by Gasteiger charge is -2.26. The van der Waals surface area contributed by atoms with Crippen molar-refractivity contribution in [2.24, 2.45) is 0 Å². The van der Waals surface area contributed by atoms with E-state index in [1.807, 2.05) is 0 Å². The van der Waals surface area contributed by atoms with Crippen molar-refractivity contribution in [1.29, 1.82) is 0 Å². The third kappa shape index (κ3) is 3.05. The summed E-state index contributed by atoms with van der Waals surface area (Å²) < 4.78 is 23.3. The van der Waals surface area contributed by atoms with E-state index in [1.54, 1.807) is 23.1 Å². The number of carbonyl (C=O) groups is 1. The number of nitrogens with zero attached hydrogens (tertiary/aromatic N) is 1. The van der Waals surface area contributed by atoms with Gasteiger partial charge in [-0.2, -0.15) is 0 Å². The van der Waals surface area contributed by atoms with Crippen molar-refractivity contribution >= 4 is 43.3 Å². The molecular weight excluding hydrogens is 342 g/mol. The van der Waals surface area contributed by atoms with Crippen LogP contribution in [-0.4, -0.2) is 43.8 Å². The molecule has 0 N–H and O–H groups in total. The highest BCUT2D eigenvalue weighted by Gasteiger charge is 2.25. The number of carbonyl (C=O) groups excluding carboxylic acids is 1. The lowest BCUT2D eigenvalue weighted by Crippen LogP contribution is -2.43. The van der Waals surface area contributed by atoms with Crippen molar-refractivity contribution in [3.63, 3.8) is 0 Å². The Bertz CT molecular complexity index is 574. The van der Waals surface area contributed by atoms with E-state index in [4.69, 9.17) is 11.6 Å². The van der Waals surface area contributed by atoms with Crippen LogP contribution < -0.4 is 0 Å². The van der Waals surface area contributed by atoms with Crippen molar-refractivity contribution in [2.75, 3.05) is 24.6 Å². The van der Waals surface area contributed by atoms with Gasteiger partial charge in [-0.1, -0.05) is 11.6 Å². The van der Waals surface area contributed by atoms with E-state index in [0.717, 1.165) is 4.47 Å². The molecule has 0 radical (unpaired) electrons. The first-order valence-corrected chi connectivity index (χ1v) is 8.33. The van der Waals surface area contributed by atoms with E-state index in [2.05, 4.69) is 15.9 Å². The van der Waals surface area contributed by atoms with E-state index in [0.29, 0.717) is 10.6 Å². The molecule has 1 aliphatic rings. The molecule has 0 unspecified atom stereocenters. The maximum Gasteiger partial charge on any atom is 0.253 e. The van der Waals surface area contributed by atoms with Gasteiger partial charge in [-0.05, 0) is 34.1 Å². The topological polar surface area (TPSA) is 54.5 Å². The van der Waals surface area contributed by atoms with Crippen molar-refractivity contribution in [2.45, 2.75) is 0 Å². The van der Waals surface area contributed by atoms with Crippen LogP contribution >= 0.6 is 27.5 Å². The van der Waals surface area contributed by atoms with Gasteiger partial charge < -0.3 is 4.90 Å². The van der Waals surface area contributed by atoms with Crippen LogP contribution in [0.5, 0.6) is 0 Å². The van der Waals surface area contributed by atoms with Gasteiger partial charge in [0.15, 0.2) is 9.84 Å². The predicted molar refractivity (Wildman–Crippen MR) is 73.7 cm³/mol. The average molecular weight is 353 g/mol. The van der Waals surface area contributed by atoms with Gasteiger partial charge >= 0.3 is 0 Å². The highest BCUT2D eigenvalue weighted by Crippen LogP contribution is 2.24. The van der Waals surface area contributed by atoms with E-state index >= 15 is 0 Å². The average Bonchev–Trinajstić information content (AvgIpc) is 2.32. The second-order valence-corrected chi connectivity index (χ2v) is 7.64. The van der Waals surface area contributed by atoms with Crippen LogP contribution in [0.3, 0.4) is 0 Å². The van der Waals surface area contributed by atoms with Crippen LogP contribution in [0.1, 0.15) is 10.4 Å². The molecule has 1 saturated heterocycles. The highest BCUT2D eigenvalue weighted by atomic mass is 79.9. The second kappa shape index (κ2) is 5.19. The van der Waals surface area contributed by atoms with Crippen molar-refractivity contribution in [3.8, 4) is 0 Å². The molecule has 0 bridgehead atoms. The van der Waals surface area contributed by atoms with Gasteiger partial charge in [-0.3, -0.25) is 4.79 Å². The van der Waals surface area contributed by atoms with Crippen LogP contribution in [0.25, 0.3) is 0 Å². The van der Waals surface area contributed by atoms with Crippen LogP contribution in [-0.2, 0) is 9.84 Å². The van der Waals surface area contributed by atoms with Gasteiger partial charge in [0.1, 0.15) is 0 Å². The molecule has 7 heteroatoms. The number of amides is 1. The van der Waals surface area contributed by atoms with Crippen molar-refractivity contribution in [3.05, 3.63) is 33.3 Å². The molecule has 1 aromatic carbocycles. The smallest absolute Gasteiger partial charge is 0.253 e. The first-order chi connectivity index (χ1) is 8.39. The zero-order valence-electron chi connectivity index (χ0n) is 9.40. The zero-order valence-corrected chi connectivity index (χ0v) is 12.6. The minimum atomic E-state index is -2.97. The quantitative estimate of drug-likeness (QED) is 0.776. The molecular formula is C11H11BrClNO3S. The van der Waals surface area contributed by atoms with Gasteiger partial charge in [0.05, 0.1) is 16.5 Å². The highest BCUT2D eigenvalue weighted by molar-refractivity contribution is 9.10. The molecule has 0 aliphatic carbocycles. The number of benzene rings is 1. The fourth-order valence-corrected chi connectivity index (χ4v) is 3.36. The molecule has 1 heterocycles. The Balaban J connectivity index is 2.15. The van der Waals surface area contributed by atoms with Gasteiger partial charge in [0.2, 0.25) is 0 Å². The fourth-order valence-electron chi connectivity index (χ4n) is 1.73. The summed E-state index contributed by atoms with van der Waals surface area (Å²) in [6.45, 7) is 0.490. The normalized spacial score (nSPS) is 18.7. The van der Waals surface area contributed by atoms with Crippen molar-refractivity contribution < 1.29 is 13.2 Å². The van der Waals surface area contributed by atoms with E-state index in [1.165, 1.54) is 0 Å². The summed E-state index contributed by atoms with van der Waals surface area (Å²) in [5.41, 5.74) is 0.475. The molecule has 1 fully saturated rings. The Morgan fingerprint density at radius 2 is 1.89 bits per heavy atom. The SMILES string of the molecule is O=C(c1ccc(Br)c(Cl)c1)N1CCS(=O)(=O)CC1. The number of halogens is 2. The van der Waals surface area contributed by atoms with Gasteiger partial charge in [-0.15, -0.1) is 0 Å². The molecule has 0 saturated carbocycles. The Morgan fingerprint density at radius 3 is 2.44 bits per heavy atom. The molecule has 0 spiro atoms. The lowest BCUT2D eigenvalue weighted by molar-refractivity contribution is 0.0770.